The van der Waals surface area contributed by atoms with Crippen LogP contribution in [0.2, 0.25) is 0 Å². The first kappa shape index (κ1) is 8.23. The number of hydrogen-bond donors (Lipinski definition) is 1. The molecular formula is C6H13PS2. The van der Waals surface area contributed by atoms with E-state index >= 15 is 0 Å². The van der Waals surface area contributed by atoms with E-state index in [0.717, 1.165) is 4.58 Å². The van der Waals surface area contributed by atoms with Gasteiger partial charge in [-0.15, -0.1) is 0 Å². The van der Waals surface area contributed by atoms with Crippen molar-refractivity contribution < 1.29 is 0 Å². The number of unbranched alkanes of at least 4 members (excludes halogenated alkanes) is 2. The summed E-state index contributed by atoms with van der Waals surface area (Å²) in [6.07, 6.45) is 5.61. The first-order valence-corrected chi connectivity index (χ1v) is 7.54. The van der Waals surface area contributed by atoms with Gasteiger partial charge in [0.2, 0.25) is 0 Å². The summed E-state index contributed by atoms with van der Waals surface area (Å²) in [6.45, 7) is 2.25. The van der Waals surface area contributed by atoms with Crippen LogP contribution in [-0.2, 0) is 0 Å². The number of hydrogen-bond acceptors (Lipinski definition) is 1. The summed E-state index contributed by atoms with van der Waals surface area (Å²) in [4.78, 5) is 0. The zero-order valence-corrected chi connectivity index (χ0v) is 8.31. The van der Waals surface area contributed by atoms with Crippen molar-refractivity contribution in [3.8, 4) is 0 Å². The van der Waals surface area contributed by atoms with Crippen molar-refractivity contribution in [2.45, 2.75) is 37.2 Å². The van der Waals surface area contributed by atoms with E-state index in [4.69, 9.17) is 0 Å². The van der Waals surface area contributed by atoms with Gasteiger partial charge in [-0.25, -0.2) is 0 Å². The van der Waals surface area contributed by atoms with Crippen molar-refractivity contribution in [2.24, 2.45) is 0 Å². The summed E-state index contributed by atoms with van der Waals surface area (Å²) in [5, 5.41) is 0. The van der Waals surface area contributed by atoms with Gasteiger partial charge in [-0.1, -0.05) is 0 Å². The van der Waals surface area contributed by atoms with Crippen LogP contribution < -0.4 is 0 Å². The van der Waals surface area contributed by atoms with Crippen LogP contribution in [0.15, 0.2) is 0 Å². The summed E-state index contributed by atoms with van der Waals surface area (Å²) in [5.41, 5.74) is 0. The molecule has 9 heavy (non-hydrogen) atoms. The molecular weight excluding hydrogens is 167 g/mol. The minimum absolute atomic E-state index is 0.161. The van der Waals surface area contributed by atoms with Crippen LogP contribution in [0.25, 0.3) is 0 Å². The van der Waals surface area contributed by atoms with Gasteiger partial charge in [-0.05, 0) is 0 Å². The second kappa shape index (κ2) is 4.10. The van der Waals surface area contributed by atoms with E-state index in [9.17, 15) is 0 Å². The van der Waals surface area contributed by atoms with Crippen LogP contribution in [-0.4, -0.2) is 4.58 Å². The Balaban J connectivity index is 1.90. The molecule has 0 nitrogen and oxygen atoms in total. The number of rotatable bonds is 4. The molecule has 3 heteroatoms. The SMILES string of the molecule is CCCCCC1S[SH]1#P. The molecule has 0 bridgehead atoms. The fourth-order valence-electron chi connectivity index (χ4n) is 0.830. The van der Waals surface area contributed by atoms with Crippen LogP contribution in [0.5, 0.6) is 0 Å². The molecule has 0 radical (unpaired) electrons. The zero-order valence-electron chi connectivity index (χ0n) is 5.71. The molecule has 1 heterocycles. The Morgan fingerprint density at radius 1 is 1.56 bits per heavy atom. The third-order valence-corrected chi connectivity index (χ3v) is 7.12. The van der Waals surface area contributed by atoms with Crippen LogP contribution in [0, 0.1) is 0 Å². The van der Waals surface area contributed by atoms with E-state index in [2.05, 4.69) is 25.5 Å². The van der Waals surface area contributed by atoms with Gasteiger partial charge in [-0.2, -0.15) is 0 Å². The predicted octanol–water partition coefficient (Wildman–Crippen LogP) is 3.88. The fraction of sp³-hybridized carbons (Fsp3) is 1.00. The van der Waals surface area contributed by atoms with E-state index in [1.165, 1.54) is 25.7 Å². The summed E-state index contributed by atoms with van der Waals surface area (Å²) in [7, 11) is 6.63. The van der Waals surface area contributed by atoms with Crippen molar-refractivity contribution in [1.29, 1.82) is 0 Å². The second-order valence-electron chi connectivity index (χ2n) is 2.36. The predicted molar refractivity (Wildman–Crippen MR) is 51.4 cm³/mol. The van der Waals surface area contributed by atoms with Gasteiger partial charge in [0.25, 0.3) is 0 Å². The molecule has 0 saturated carbocycles. The van der Waals surface area contributed by atoms with Crippen LogP contribution in [0.4, 0.5) is 0 Å². The van der Waals surface area contributed by atoms with Gasteiger partial charge < -0.3 is 0 Å². The van der Waals surface area contributed by atoms with Crippen molar-refractivity contribution in [3.63, 3.8) is 0 Å². The molecule has 1 aliphatic heterocycles. The van der Waals surface area contributed by atoms with E-state index in [1.807, 2.05) is 0 Å². The maximum absolute atomic E-state index is 4.40. The molecule has 0 aliphatic carbocycles. The molecule has 0 aromatic rings. The topological polar surface area (TPSA) is 0 Å². The van der Waals surface area contributed by atoms with Gasteiger partial charge in [0.05, 0.1) is 0 Å². The van der Waals surface area contributed by atoms with E-state index < -0.39 is 0 Å². The molecule has 1 rings (SSSR count). The Morgan fingerprint density at radius 2 is 2.22 bits per heavy atom. The fourth-order valence-corrected chi connectivity index (χ4v) is 5.38. The van der Waals surface area contributed by atoms with Gasteiger partial charge >= 0.3 is 64.7 Å². The Bertz CT molecular complexity index is 147. The van der Waals surface area contributed by atoms with Crippen molar-refractivity contribution >= 4 is 27.5 Å². The van der Waals surface area contributed by atoms with Crippen LogP contribution in [0.3, 0.4) is 0 Å². The van der Waals surface area contributed by atoms with Gasteiger partial charge in [0, 0.05) is 0 Å². The third-order valence-electron chi connectivity index (χ3n) is 1.49. The van der Waals surface area contributed by atoms with Crippen LogP contribution in [0.1, 0.15) is 32.6 Å². The van der Waals surface area contributed by atoms with Crippen molar-refractivity contribution in [2.75, 3.05) is 0 Å². The molecule has 1 fully saturated rings. The minimum atomic E-state index is 0.161. The Morgan fingerprint density at radius 3 is 2.67 bits per heavy atom. The molecule has 0 aromatic heterocycles. The molecule has 2 unspecified atom stereocenters. The van der Waals surface area contributed by atoms with Gasteiger partial charge in [0.1, 0.15) is 0 Å². The molecule has 54 valence electrons. The van der Waals surface area contributed by atoms with E-state index in [1.54, 1.807) is 0 Å². The summed E-state index contributed by atoms with van der Waals surface area (Å²) in [5.74, 6) is 0. The van der Waals surface area contributed by atoms with Crippen LogP contribution >= 0.6 is 27.5 Å². The first-order valence-electron chi connectivity index (χ1n) is 3.49. The van der Waals surface area contributed by atoms with Gasteiger partial charge in [-0.3, -0.25) is 0 Å². The Labute approximate surface area is 65.0 Å². The molecule has 1 saturated heterocycles. The van der Waals surface area contributed by atoms with Crippen molar-refractivity contribution in [3.05, 3.63) is 0 Å². The third kappa shape index (κ3) is 3.15. The second-order valence-corrected chi connectivity index (χ2v) is 8.63. The first-order chi connectivity index (χ1) is 4.34. The normalized spacial score (nSPS) is 32.4. The summed E-state index contributed by atoms with van der Waals surface area (Å²) >= 11 is 0. The van der Waals surface area contributed by atoms with Crippen molar-refractivity contribution in [1.82, 2.24) is 0 Å². The molecule has 0 aromatic carbocycles. The molecule has 0 N–H and O–H groups in total. The maximum atomic E-state index is 4.40. The average molecular weight is 180 g/mol. The quantitative estimate of drug-likeness (QED) is 0.225. The molecule has 2 atom stereocenters. The molecule has 0 amide bonds. The molecule has 1 aliphatic rings. The standard InChI is InChI=1S/C6H13PS2/c1-2-3-4-5-6-8-9(6)7/h6,9H,2-5H2,1H3. The monoisotopic (exact) mass is 180 g/mol. The summed E-state index contributed by atoms with van der Waals surface area (Å²) < 4.78 is 0.967. The summed E-state index contributed by atoms with van der Waals surface area (Å²) in [6, 6.07) is 0. The Hall–Kier alpha value is 1.13. The van der Waals surface area contributed by atoms with Gasteiger partial charge in [0.15, 0.2) is 0 Å². The van der Waals surface area contributed by atoms with E-state index in [0.29, 0.717) is 0 Å². The van der Waals surface area contributed by atoms with E-state index in [-0.39, 0.29) is 8.90 Å². The zero-order chi connectivity index (χ0) is 6.69. The molecule has 0 spiro atoms. The number of thiol groups is 1. The Kier molecular flexibility index (Phi) is 3.75. The average Bonchev–Trinajstić information content (AvgIpc) is 2.48.